The maximum atomic E-state index is 13.3. The zero-order chi connectivity index (χ0) is 13.9. The lowest BCUT2D eigenvalue weighted by atomic mass is 9.91. The van der Waals surface area contributed by atoms with E-state index in [4.69, 9.17) is 16.3 Å². The van der Waals surface area contributed by atoms with Crippen LogP contribution in [0, 0.1) is 11.7 Å². The zero-order valence-corrected chi connectivity index (χ0v) is 12.8. The summed E-state index contributed by atoms with van der Waals surface area (Å²) < 4.78 is 19.4. The van der Waals surface area contributed by atoms with Crippen molar-refractivity contribution in [2.45, 2.75) is 6.10 Å². The first-order chi connectivity index (χ1) is 9.74. The lowest BCUT2D eigenvalue weighted by Gasteiger charge is -2.35. The number of para-hydroxylation sites is 1. The fourth-order valence-electron chi connectivity index (χ4n) is 2.30. The predicted octanol–water partition coefficient (Wildman–Crippen LogP) is 4.24. The van der Waals surface area contributed by atoms with E-state index in [2.05, 4.69) is 5.32 Å². The van der Waals surface area contributed by atoms with Gasteiger partial charge in [0, 0.05) is 19.0 Å². The molecule has 2 aromatic carbocycles. The minimum atomic E-state index is -0.402. The molecular formula is C16H16Cl2FNO. The van der Waals surface area contributed by atoms with Crippen molar-refractivity contribution in [3.05, 3.63) is 64.9 Å². The van der Waals surface area contributed by atoms with E-state index in [0.717, 1.165) is 24.4 Å². The molecule has 3 rings (SSSR count). The molecule has 21 heavy (non-hydrogen) atoms. The maximum absolute atomic E-state index is 13.3. The molecule has 1 atom stereocenters. The highest BCUT2D eigenvalue weighted by atomic mass is 35.5. The second-order valence-electron chi connectivity index (χ2n) is 4.94. The minimum absolute atomic E-state index is 0. The van der Waals surface area contributed by atoms with E-state index in [-0.39, 0.29) is 23.5 Å². The van der Waals surface area contributed by atoms with Crippen LogP contribution < -0.4 is 10.1 Å². The van der Waals surface area contributed by atoms with Gasteiger partial charge in [-0.2, -0.15) is 0 Å². The highest BCUT2D eigenvalue weighted by Crippen LogP contribution is 2.32. The molecule has 1 saturated heterocycles. The van der Waals surface area contributed by atoms with Gasteiger partial charge in [0.15, 0.2) is 0 Å². The third kappa shape index (κ3) is 3.67. The van der Waals surface area contributed by atoms with Gasteiger partial charge in [0.05, 0.1) is 5.02 Å². The van der Waals surface area contributed by atoms with Crippen LogP contribution in [0.1, 0.15) is 11.7 Å². The average molecular weight is 328 g/mol. The molecule has 1 aliphatic heterocycles. The van der Waals surface area contributed by atoms with Gasteiger partial charge < -0.3 is 10.1 Å². The smallest absolute Gasteiger partial charge is 0.141 e. The maximum Gasteiger partial charge on any atom is 0.141 e. The molecule has 0 spiro atoms. The number of hydrogen-bond donors (Lipinski definition) is 1. The van der Waals surface area contributed by atoms with Gasteiger partial charge in [-0.15, -0.1) is 12.4 Å². The van der Waals surface area contributed by atoms with E-state index < -0.39 is 5.82 Å². The molecule has 5 heteroatoms. The Hall–Kier alpha value is -1.29. The molecule has 0 radical (unpaired) electrons. The van der Waals surface area contributed by atoms with Crippen molar-refractivity contribution in [3.63, 3.8) is 0 Å². The Bertz CT molecular complexity index is 590. The van der Waals surface area contributed by atoms with Crippen molar-refractivity contribution < 1.29 is 9.13 Å². The summed E-state index contributed by atoms with van der Waals surface area (Å²) in [5.74, 6) is 0.780. The Kier molecular flexibility index (Phi) is 5.45. The molecule has 0 aliphatic carbocycles. The van der Waals surface area contributed by atoms with Crippen LogP contribution in [-0.4, -0.2) is 13.1 Å². The monoisotopic (exact) mass is 327 g/mol. The van der Waals surface area contributed by atoms with Crippen LogP contribution in [0.15, 0.2) is 48.5 Å². The van der Waals surface area contributed by atoms with Gasteiger partial charge in [0.25, 0.3) is 0 Å². The van der Waals surface area contributed by atoms with E-state index in [0.29, 0.717) is 5.92 Å². The topological polar surface area (TPSA) is 21.3 Å². The number of nitrogens with one attached hydrogen (secondary N) is 1. The second kappa shape index (κ2) is 7.12. The summed E-state index contributed by atoms with van der Waals surface area (Å²) in [7, 11) is 0. The third-order valence-electron chi connectivity index (χ3n) is 3.52. The van der Waals surface area contributed by atoms with Crippen molar-refractivity contribution >= 4 is 24.0 Å². The first kappa shape index (κ1) is 16.1. The molecule has 0 bridgehead atoms. The van der Waals surface area contributed by atoms with Crippen LogP contribution >= 0.6 is 24.0 Å². The van der Waals surface area contributed by atoms with Gasteiger partial charge in [0.1, 0.15) is 17.7 Å². The Balaban J connectivity index is 0.00000161. The summed E-state index contributed by atoms with van der Waals surface area (Å²) in [6.07, 6.45) is -0.114. The fourth-order valence-corrected chi connectivity index (χ4v) is 2.49. The quantitative estimate of drug-likeness (QED) is 0.906. The molecule has 1 aliphatic rings. The summed E-state index contributed by atoms with van der Waals surface area (Å²) in [6, 6.07) is 14.4. The first-order valence-corrected chi connectivity index (χ1v) is 6.99. The highest BCUT2D eigenvalue weighted by molar-refractivity contribution is 6.30. The Morgan fingerprint density at radius 1 is 1.14 bits per heavy atom. The second-order valence-corrected chi connectivity index (χ2v) is 5.35. The number of halogens is 3. The molecule has 2 aromatic rings. The summed E-state index contributed by atoms with van der Waals surface area (Å²) in [5, 5.41) is 3.37. The van der Waals surface area contributed by atoms with Gasteiger partial charge in [-0.1, -0.05) is 35.9 Å². The van der Waals surface area contributed by atoms with E-state index in [9.17, 15) is 4.39 Å². The average Bonchev–Trinajstić information content (AvgIpc) is 2.40. The summed E-state index contributed by atoms with van der Waals surface area (Å²) >= 11 is 5.88. The molecule has 1 unspecified atom stereocenters. The van der Waals surface area contributed by atoms with Gasteiger partial charge >= 0.3 is 0 Å². The summed E-state index contributed by atoms with van der Waals surface area (Å²) in [5.41, 5.74) is 0.909. The number of hydrogen-bond acceptors (Lipinski definition) is 2. The van der Waals surface area contributed by atoms with Crippen LogP contribution in [-0.2, 0) is 0 Å². The minimum Gasteiger partial charge on any atom is -0.485 e. The third-order valence-corrected chi connectivity index (χ3v) is 3.81. The van der Waals surface area contributed by atoms with Crippen molar-refractivity contribution in [3.8, 4) is 5.75 Å². The van der Waals surface area contributed by atoms with Crippen molar-refractivity contribution in [2.75, 3.05) is 13.1 Å². The molecule has 1 fully saturated rings. The molecule has 0 aromatic heterocycles. The van der Waals surface area contributed by atoms with Crippen molar-refractivity contribution in [1.29, 1.82) is 0 Å². The Labute approximate surface area is 134 Å². The number of benzene rings is 2. The standard InChI is InChI=1S/C16H15ClFNO.ClH/c17-14-8-11(6-7-15(14)18)16(12-9-19-10-12)20-13-4-2-1-3-5-13;/h1-8,12,16,19H,9-10H2;1H. The van der Waals surface area contributed by atoms with Gasteiger partial charge in [0.2, 0.25) is 0 Å². The highest BCUT2D eigenvalue weighted by Gasteiger charge is 2.30. The van der Waals surface area contributed by atoms with Crippen LogP contribution in [0.5, 0.6) is 5.75 Å². The molecule has 2 nitrogen and oxygen atoms in total. The fraction of sp³-hybridized carbons (Fsp3) is 0.250. The molecule has 112 valence electrons. The van der Waals surface area contributed by atoms with E-state index in [1.165, 1.54) is 6.07 Å². The normalized spacial score (nSPS) is 15.7. The lowest BCUT2D eigenvalue weighted by molar-refractivity contribution is 0.0993. The number of ether oxygens (including phenoxy) is 1. The van der Waals surface area contributed by atoms with E-state index in [1.807, 2.05) is 30.3 Å². The molecule has 1 N–H and O–H groups in total. The summed E-state index contributed by atoms with van der Waals surface area (Å²) in [6.45, 7) is 1.79. The van der Waals surface area contributed by atoms with Crippen LogP contribution in [0.3, 0.4) is 0 Å². The van der Waals surface area contributed by atoms with Gasteiger partial charge in [-0.05, 0) is 29.8 Å². The van der Waals surface area contributed by atoms with Crippen LogP contribution in [0.25, 0.3) is 0 Å². The van der Waals surface area contributed by atoms with Gasteiger partial charge in [-0.25, -0.2) is 4.39 Å². The summed E-state index contributed by atoms with van der Waals surface area (Å²) in [4.78, 5) is 0. The van der Waals surface area contributed by atoms with Crippen molar-refractivity contribution in [1.82, 2.24) is 5.32 Å². The Morgan fingerprint density at radius 3 is 2.43 bits per heavy atom. The number of rotatable bonds is 4. The van der Waals surface area contributed by atoms with E-state index in [1.54, 1.807) is 12.1 Å². The SMILES string of the molecule is Cl.Fc1ccc(C(Oc2ccccc2)C2CNC2)cc1Cl. The lowest BCUT2D eigenvalue weighted by Crippen LogP contribution is -2.46. The molecule has 1 heterocycles. The zero-order valence-electron chi connectivity index (χ0n) is 11.3. The van der Waals surface area contributed by atoms with Crippen LogP contribution in [0.4, 0.5) is 4.39 Å². The molecule has 0 saturated carbocycles. The molecular weight excluding hydrogens is 312 g/mol. The predicted molar refractivity (Wildman–Crippen MR) is 84.8 cm³/mol. The largest absolute Gasteiger partial charge is 0.485 e. The Morgan fingerprint density at radius 2 is 1.86 bits per heavy atom. The van der Waals surface area contributed by atoms with Crippen molar-refractivity contribution in [2.24, 2.45) is 5.92 Å². The first-order valence-electron chi connectivity index (χ1n) is 6.61. The van der Waals surface area contributed by atoms with E-state index >= 15 is 0 Å². The molecule has 0 amide bonds. The van der Waals surface area contributed by atoms with Crippen LogP contribution in [0.2, 0.25) is 5.02 Å². The van der Waals surface area contributed by atoms with Gasteiger partial charge in [-0.3, -0.25) is 0 Å².